The smallest absolute Gasteiger partial charge is 0.260 e. The molecule has 2 aromatic rings. The van der Waals surface area contributed by atoms with Gasteiger partial charge in [0.2, 0.25) is 5.91 Å². The number of benzene rings is 2. The van der Waals surface area contributed by atoms with Gasteiger partial charge in [-0.3, -0.25) is 14.4 Å². The van der Waals surface area contributed by atoms with Crippen LogP contribution in [0.4, 0.5) is 5.69 Å². The number of nitrogens with one attached hydrogen (secondary N) is 1. The number of carbonyl (C=O) groups excluding carboxylic acids is 3. The Hall–Kier alpha value is -3.55. The number of ether oxygens (including phenoxy) is 2. The zero-order chi connectivity index (χ0) is 25.3. The van der Waals surface area contributed by atoms with Crippen molar-refractivity contribution in [2.75, 3.05) is 37.7 Å². The summed E-state index contributed by atoms with van der Waals surface area (Å²) in [7, 11) is 0. The van der Waals surface area contributed by atoms with Crippen LogP contribution < -0.4 is 19.7 Å². The fraction of sp³-hybridized carbons (Fsp3) is 0.464. The van der Waals surface area contributed by atoms with Crippen LogP contribution in [0.5, 0.6) is 11.5 Å². The number of carbonyl (C=O) groups is 3. The second-order valence-corrected chi connectivity index (χ2v) is 9.18. The van der Waals surface area contributed by atoms with Gasteiger partial charge >= 0.3 is 0 Å². The van der Waals surface area contributed by atoms with E-state index in [2.05, 4.69) is 5.32 Å². The summed E-state index contributed by atoms with van der Waals surface area (Å²) in [6.07, 6.45) is 5.73. The number of anilines is 1. The SMILES string of the molecule is CCOc1cc(C(=O)NCc2cccc(N3CCCCC3=O)c2)ccc1OCC(=O)N1CCCCC1. The van der Waals surface area contributed by atoms with Crippen molar-refractivity contribution in [3.63, 3.8) is 0 Å². The lowest BCUT2D eigenvalue weighted by Crippen LogP contribution is -2.38. The third kappa shape index (κ3) is 6.56. The van der Waals surface area contributed by atoms with Crippen LogP contribution in [0.15, 0.2) is 42.5 Å². The Morgan fingerprint density at radius 1 is 0.917 bits per heavy atom. The van der Waals surface area contributed by atoms with E-state index in [-0.39, 0.29) is 24.3 Å². The second-order valence-electron chi connectivity index (χ2n) is 9.18. The van der Waals surface area contributed by atoms with Crippen molar-refractivity contribution in [3.05, 3.63) is 53.6 Å². The molecule has 4 rings (SSSR count). The van der Waals surface area contributed by atoms with E-state index in [1.165, 1.54) is 0 Å². The first-order chi connectivity index (χ1) is 17.5. The summed E-state index contributed by atoms with van der Waals surface area (Å²) in [5.41, 5.74) is 2.22. The molecule has 2 heterocycles. The largest absolute Gasteiger partial charge is 0.490 e. The summed E-state index contributed by atoms with van der Waals surface area (Å²) < 4.78 is 11.5. The zero-order valence-electron chi connectivity index (χ0n) is 21.0. The topological polar surface area (TPSA) is 88.2 Å². The summed E-state index contributed by atoms with van der Waals surface area (Å²) in [4.78, 5) is 41.2. The fourth-order valence-electron chi connectivity index (χ4n) is 4.61. The van der Waals surface area contributed by atoms with E-state index < -0.39 is 0 Å². The Morgan fingerprint density at radius 2 is 1.72 bits per heavy atom. The molecular weight excluding hydrogens is 458 g/mol. The van der Waals surface area contributed by atoms with E-state index in [1.54, 1.807) is 18.2 Å². The van der Waals surface area contributed by atoms with E-state index in [0.29, 0.717) is 36.6 Å². The zero-order valence-corrected chi connectivity index (χ0v) is 21.0. The molecule has 192 valence electrons. The maximum Gasteiger partial charge on any atom is 0.260 e. The Labute approximate surface area is 212 Å². The molecule has 0 saturated carbocycles. The highest BCUT2D eigenvalue weighted by molar-refractivity contribution is 5.95. The highest BCUT2D eigenvalue weighted by Gasteiger charge is 2.20. The lowest BCUT2D eigenvalue weighted by atomic mass is 10.1. The van der Waals surface area contributed by atoms with Crippen molar-refractivity contribution >= 4 is 23.4 Å². The number of nitrogens with zero attached hydrogens (tertiary/aromatic N) is 2. The van der Waals surface area contributed by atoms with E-state index in [9.17, 15) is 14.4 Å². The summed E-state index contributed by atoms with van der Waals surface area (Å²) in [6.45, 7) is 4.82. The predicted octanol–water partition coefficient (Wildman–Crippen LogP) is 3.92. The Morgan fingerprint density at radius 3 is 2.50 bits per heavy atom. The molecular formula is C28H35N3O5. The van der Waals surface area contributed by atoms with Crippen LogP contribution in [0.25, 0.3) is 0 Å². The van der Waals surface area contributed by atoms with Gasteiger partial charge in [-0.05, 0) is 74.9 Å². The van der Waals surface area contributed by atoms with Gasteiger partial charge in [0.1, 0.15) is 0 Å². The molecule has 2 saturated heterocycles. The highest BCUT2D eigenvalue weighted by atomic mass is 16.5. The molecule has 2 aliphatic rings. The summed E-state index contributed by atoms with van der Waals surface area (Å²) in [5, 5.41) is 2.94. The number of hydrogen-bond donors (Lipinski definition) is 1. The minimum absolute atomic E-state index is 0.0348. The molecule has 0 aromatic heterocycles. The van der Waals surface area contributed by atoms with Gasteiger partial charge in [-0.25, -0.2) is 0 Å². The third-order valence-corrected chi connectivity index (χ3v) is 6.56. The molecule has 36 heavy (non-hydrogen) atoms. The minimum atomic E-state index is -0.244. The quantitative estimate of drug-likeness (QED) is 0.572. The molecule has 8 heteroatoms. The van der Waals surface area contributed by atoms with E-state index in [1.807, 2.05) is 41.0 Å². The van der Waals surface area contributed by atoms with Crippen LogP contribution >= 0.6 is 0 Å². The summed E-state index contributed by atoms with van der Waals surface area (Å²) in [6, 6.07) is 12.7. The Balaban J connectivity index is 1.36. The van der Waals surface area contributed by atoms with Crippen LogP contribution in [0.2, 0.25) is 0 Å². The van der Waals surface area contributed by atoms with Crippen LogP contribution in [0, 0.1) is 0 Å². The number of hydrogen-bond acceptors (Lipinski definition) is 5. The number of likely N-dealkylation sites (tertiary alicyclic amines) is 1. The van der Waals surface area contributed by atoms with Gasteiger partial charge in [0.25, 0.3) is 11.8 Å². The van der Waals surface area contributed by atoms with E-state index in [0.717, 1.165) is 63.0 Å². The molecule has 0 atom stereocenters. The Kier molecular flexibility index (Phi) is 8.81. The third-order valence-electron chi connectivity index (χ3n) is 6.56. The molecule has 8 nitrogen and oxygen atoms in total. The highest BCUT2D eigenvalue weighted by Crippen LogP contribution is 2.29. The van der Waals surface area contributed by atoms with Gasteiger partial charge in [-0.15, -0.1) is 0 Å². The van der Waals surface area contributed by atoms with E-state index >= 15 is 0 Å². The number of piperidine rings is 2. The molecule has 0 spiro atoms. The Bertz CT molecular complexity index is 1080. The average molecular weight is 494 g/mol. The second kappa shape index (κ2) is 12.4. The lowest BCUT2D eigenvalue weighted by Gasteiger charge is -2.27. The van der Waals surface area contributed by atoms with Crippen molar-refractivity contribution in [2.24, 2.45) is 0 Å². The normalized spacial score (nSPS) is 16.0. The van der Waals surface area contributed by atoms with Gasteiger partial charge in [0.05, 0.1) is 6.61 Å². The summed E-state index contributed by atoms with van der Waals surface area (Å²) in [5.74, 6) is 0.740. The molecule has 0 bridgehead atoms. The van der Waals surface area contributed by atoms with E-state index in [4.69, 9.17) is 9.47 Å². The van der Waals surface area contributed by atoms with Gasteiger partial charge in [0, 0.05) is 43.9 Å². The number of amides is 3. The van der Waals surface area contributed by atoms with Crippen LogP contribution in [0.1, 0.15) is 61.4 Å². The standard InChI is InChI=1S/C28H35N3O5/c1-2-35-25-18-22(12-13-24(25)36-20-27(33)30-14-5-3-6-15-30)28(34)29-19-21-9-8-10-23(17-21)31-16-7-4-11-26(31)32/h8-10,12-13,17-18H,2-7,11,14-16,19-20H2,1H3,(H,29,34). The fourth-order valence-corrected chi connectivity index (χ4v) is 4.61. The monoisotopic (exact) mass is 493 g/mol. The van der Waals surface area contributed by atoms with Crippen molar-refractivity contribution in [1.29, 1.82) is 0 Å². The maximum absolute atomic E-state index is 12.9. The molecule has 1 N–H and O–H groups in total. The molecule has 3 amide bonds. The summed E-state index contributed by atoms with van der Waals surface area (Å²) >= 11 is 0. The molecule has 0 unspecified atom stereocenters. The van der Waals surface area contributed by atoms with Crippen LogP contribution in [-0.4, -0.2) is 55.5 Å². The first-order valence-corrected chi connectivity index (χ1v) is 12.9. The van der Waals surface area contributed by atoms with Gasteiger partial charge in [-0.1, -0.05) is 12.1 Å². The van der Waals surface area contributed by atoms with Crippen LogP contribution in [-0.2, 0) is 16.1 Å². The maximum atomic E-state index is 12.9. The molecule has 2 aliphatic heterocycles. The molecule has 2 aromatic carbocycles. The molecule has 0 aliphatic carbocycles. The number of rotatable bonds is 9. The first kappa shape index (κ1) is 25.5. The van der Waals surface area contributed by atoms with Gasteiger partial charge in [0.15, 0.2) is 18.1 Å². The average Bonchev–Trinajstić information content (AvgIpc) is 2.92. The van der Waals surface area contributed by atoms with Crippen molar-refractivity contribution < 1.29 is 23.9 Å². The first-order valence-electron chi connectivity index (χ1n) is 12.9. The van der Waals surface area contributed by atoms with Gasteiger partial charge in [-0.2, -0.15) is 0 Å². The van der Waals surface area contributed by atoms with Crippen molar-refractivity contribution in [1.82, 2.24) is 10.2 Å². The van der Waals surface area contributed by atoms with Gasteiger partial charge < -0.3 is 24.6 Å². The molecule has 2 fully saturated rings. The predicted molar refractivity (Wildman–Crippen MR) is 137 cm³/mol. The van der Waals surface area contributed by atoms with Crippen LogP contribution in [0.3, 0.4) is 0 Å². The minimum Gasteiger partial charge on any atom is -0.490 e. The molecule has 0 radical (unpaired) electrons. The van der Waals surface area contributed by atoms with Crippen molar-refractivity contribution in [3.8, 4) is 11.5 Å². The van der Waals surface area contributed by atoms with Crippen molar-refractivity contribution in [2.45, 2.75) is 52.0 Å². The lowest BCUT2D eigenvalue weighted by molar-refractivity contribution is -0.134.